The summed E-state index contributed by atoms with van der Waals surface area (Å²) < 4.78 is 48.3. The summed E-state index contributed by atoms with van der Waals surface area (Å²) in [5, 5.41) is 17.8. The quantitative estimate of drug-likeness (QED) is 0.638. The molecule has 1 aromatic heterocycles. The molecule has 10 nitrogen and oxygen atoms in total. The number of ether oxygens (including phenoxy) is 1. The molecule has 3 atom stereocenters. The topological polar surface area (TPSA) is 118 Å². The zero-order valence-electron chi connectivity index (χ0n) is 19.7. The molecular weight excluding hydrogens is 465 g/mol. The predicted molar refractivity (Wildman–Crippen MR) is 121 cm³/mol. The average Bonchev–Trinajstić information content (AvgIpc) is 3.26. The number of rotatable bonds is 6. The molecule has 0 radical (unpaired) electrons. The van der Waals surface area contributed by atoms with Crippen molar-refractivity contribution in [2.75, 3.05) is 26.7 Å². The molecule has 188 valence electrons. The van der Waals surface area contributed by atoms with Gasteiger partial charge in [0.1, 0.15) is 11.5 Å². The van der Waals surface area contributed by atoms with Crippen molar-refractivity contribution in [3.63, 3.8) is 0 Å². The molecule has 0 saturated carbocycles. The van der Waals surface area contributed by atoms with E-state index in [2.05, 4.69) is 10.3 Å². The summed E-state index contributed by atoms with van der Waals surface area (Å²) in [6, 6.07) is 4.25. The van der Waals surface area contributed by atoms with Crippen molar-refractivity contribution in [1.82, 2.24) is 24.2 Å². The number of aryl methyl sites for hydroxylation is 1. The van der Waals surface area contributed by atoms with Gasteiger partial charge in [0, 0.05) is 39.0 Å². The average molecular weight is 498 g/mol. The van der Waals surface area contributed by atoms with Gasteiger partial charge < -0.3 is 14.7 Å². The maximum absolute atomic E-state index is 13.3. The van der Waals surface area contributed by atoms with Crippen LogP contribution in [0.3, 0.4) is 0 Å². The zero-order chi connectivity index (χ0) is 24.9. The Balaban J connectivity index is 1.85. The van der Waals surface area contributed by atoms with Gasteiger partial charge in [-0.3, -0.25) is 9.48 Å². The fourth-order valence-corrected chi connectivity index (χ4v) is 5.01. The second-order valence-electron chi connectivity index (χ2n) is 8.72. The molecule has 12 heteroatoms. The van der Waals surface area contributed by atoms with E-state index >= 15 is 0 Å². The Kier molecular flexibility index (Phi) is 8.74. The largest absolute Gasteiger partial charge is 0.394 e. The van der Waals surface area contributed by atoms with Crippen molar-refractivity contribution < 1.29 is 27.4 Å². The Morgan fingerprint density at radius 1 is 1.32 bits per heavy atom. The highest BCUT2D eigenvalue weighted by atomic mass is 32.2. The molecular formula is C22H32FN5O5S. The van der Waals surface area contributed by atoms with Crippen LogP contribution in [0.15, 0.2) is 35.4 Å². The van der Waals surface area contributed by atoms with Crippen LogP contribution in [0.4, 0.5) is 4.39 Å². The van der Waals surface area contributed by atoms with E-state index in [4.69, 9.17) is 4.74 Å². The maximum atomic E-state index is 13.3. The van der Waals surface area contributed by atoms with Crippen molar-refractivity contribution in [1.29, 1.82) is 0 Å². The second-order valence-corrected chi connectivity index (χ2v) is 10.8. The molecule has 1 amide bonds. The summed E-state index contributed by atoms with van der Waals surface area (Å²) >= 11 is 0. The summed E-state index contributed by atoms with van der Waals surface area (Å²) in [5.74, 6) is -0.886. The van der Waals surface area contributed by atoms with Gasteiger partial charge in [-0.05, 0) is 37.6 Å². The Hall–Kier alpha value is -2.41. The van der Waals surface area contributed by atoms with Gasteiger partial charge in [-0.2, -0.15) is 4.31 Å². The Morgan fingerprint density at radius 2 is 2.03 bits per heavy atom. The zero-order valence-corrected chi connectivity index (χ0v) is 20.5. The summed E-state index contributed by atoms with van der Waals surface area (Å²) in [6.07, 6.45) is 2.02. The van der Waals surface area contributed by atoms with E-state index in [-0.39, 0.29) is 42.9 Å². The molecule has 2 aromatic rings. The highest BCUT2D eigenvalue weighted by Crippen LogP contribution is 2.21. The SMILES string of the molecule is C[C@H](CO)N1C[C@H](C)[C@@H](CN(C)S(=O)(=O)c2ccc(F)cc2)OCc2cn(nn2)CCCC1=O. The highest BCUT2D eigenvalue weighted by molar-refractivity contribution is 7.89. The van der Waals surface area contributed by atoms with E-state index in [1.54, 1.807) is 22.7 Å². The number of likely N-dealkylation sites (N-methyl/N-ethyl adjacent to an activating group) is 1. The van der Waals surface area contributed by atoms with Crippen molar-refractivity contribution in [3.8, 4) is 0 Å². The van der Waals surface area contributed by atoms with Crippen LogP contribution >= 0.6 is 0 Å². The molecule has 3 rings (SSSR count). The van der Waals surface area contributed by atoms with E-state index < -0.39 is 28.0 Å². The number of sulfonamides is 1. The first kappa shape index (κ1) is 26.2. The number of aromatic nitrogens is 3. The lowest BCUT2D eigenvalue weighted by Crippen LogP contribution is -2.47. The maximum Gasteiger partial charge on any atom is 0.242 e. The van der Waals surface area contributed by atoms with Crippen molar-refractivity contribution in [3.05, 3.63) is 42.0 Å². The molecule has 1 N–H and O–H groups in total. The second kappa shape index (κ2) is 11.3. The predicted octanol–water partition coefficient (Wildman–Crippen LogP) is 1.26. The van der Waals surface area contributed by atoms with E-state index in [1.165, 1.54) is 19.2 Å². The smallest absolute Gasteiger partial charge is 0.242 e. The molecule has 2 heterocycles. The summed E-state index contributed by atoms with van der Waals surface area (Å²) in [4.78, 5) is 14.5. The first-order valence-electron chi connectivity index (χ1n) is 11.2. The molecule has 0 spiro atoms. The minimum absolute atomic E-state index is 0.00451. The Labute approximate surface area is 199 Å². The number of nitrogens with zero attached hydrogens (tertiary/aromatic N) is 5. The molecule has 1 aromatic carbocycles. The van der Waals surface area contributed by atoms with Gasteiger partial charge in [-0.15, -0.1) is 5.10 Å². The van der Waals surface area contributed by atoms with Crippen LogP contribution in [0.5, 0.6) is 0 Å². The third-order valence-electron chi connectivity index (χ3n) is 6.00. The van der Waals surface area contributed by atoms with Crippen LogP contribution < -0.4 is 0 Å². The number of carbonyl (C=O) groups is 1. The number of amides is 1. The Morgan fingerprint density at radius 3 is 2.71 bits per heavy atom. The first-order valence-corrected chi connectivity index (χ1v) is 12.7. The summed E-state index contributed by atoms with van der Waals surface area (Å²) in [5.41, 5.74) is 0.604. The van der Waals surface area contributed by atoms with Crippen molar-refractivity contribution in [2.24, 2.45) is 5.92 Å². The Bertz CT molecular complexity index is 1060. The van der Waals surface area contributed by atoms with Gasteiger partial charge in [0.15, 0.2) is 0 Å². The molecule has 0 fully saturated rings. The van der Waals surface area contributed by atoms with Crippen molar-refractivity contribution >= 4 is 15.9 Å². The number of fused-ring (bicyclic) bond motifs is 2. The molecule has 0 unspecified atom stereocenters. The van der Waals surface area contributed by atoms with Crippen molar-refractivity contribution in [2.45, 2.75) is 56.9 Å². The van der Waals surface area contributed by atoms with Crippen LogP contribution in [-0.4, -0.2) is 82.5 Å². The van der Waals surface area contributed by atoms with E-state index in [0.29, 0.717) is 25.2 Å². The molecule has 0 saturated heterocycles. The number of halogens is 1. The fourth-order valence-electron chi connectivity index (χ4n) is 3.83. The fraction of sp³-hybridized carbons (Fsp3) is 0.591. The lowest BCUT2D eigenvalue weighted by molar-refractivity contribution is -0.136. The van der Waals surface area contributed by atoms with E-state index in [0.717, 1.165) is 16.4 Å². The van der Waals surface area contributed by atoms with Crippen LogP contribution in [0.2, 0.25) is 0 Å². The number of aliphatic hydroxyl groups is 1. The minimum Gasteiger partial charge on any atom is -0.394 e. The third-order valence-corrected chi connectivity index (χ3v) is 7.84. The van der Waals surface area contributed by atoms with Crippen LogP contribution in [-0.2, 0) is 32.7 Å². The molecule has 1 aliphatic rings. The summed E-state index contributed by atoms with van der Waals surface area (Å²) in [7, 11) is -2.45. The van der Waals surface area contributed by atoms with Gasteiger partial charge in [-0.1, -0.05) is 12.1 Å². The van der Waals surface area contributed by atoms with Crippen LogP contribution in [0, 0.1) is 11.7 Å². The first-order chi connectivity index (χ1) is 16.1. The monoisotopic (exact) mass is 497 g/mol. The van der Waals surface area contributed by atoms with Crippen LogP contribution in [0.1, 0.15) is 32.4 Å². The number of carbonyl (C=O) groups excluding carboxylic acids is 1. The molecule has 0 aliphatic carbocycles. The van der Waals surface area contributed by atoms with Crippen LogP contribution in [0.25, 0.3) is 0 Å². The minimum atomic E-state index is -3.89. The van der Waals surface area contributed by atoms with E-state index in [9.17, 15) is 22.7 Å². The highest BCUT2D eigenvalue weighted by Gasteiger charge is 2.31. The number of benzene rings is 1. The molecule has 2 bridgehead atoms. The normalized spacial score (nSPS) is 21.6. The third kappa shape index (κ3) is 6.38. The van der Waals surface area contributed by atoms with E-state index in [1.807, 2.05) is 6.92 Å². The number of hydrogen-bond acceptors (Lipinski definition) is 7. The molecule has 1 aliphatic heterocycles. The lowest BCUT2D eigenvalue weighted by atomic mass is 10.0. The lowest BCUT2D eigenvalue weighted by Gasteiger charge is -2.35. The number of aliphatic hydroxyl groups excluding tert-OH is 1. The van der Waals surface area contributed by atoms with Gasteiger partial charge in [0.25, 0.3) is 0 Å². The van der Waals surface area contributed by atoms with Gasteiger partial charge in [-0.25, -0.2) is 12.8 Å². The molecule has 34 heavy (non-hydrogen) atoms. The van der Waals surface area contributed by atoms with Gasteiger partial charge in [0.2, 0.25) is 15.9 Å². The van der Waals surface area contributed by atoms with Gasteiger partial charge in [0.05, 0.1) is 36.5 Å². The standard InChI is InChI=1S/C22H32FN5O5S/c1-16-11-28(17(2)14-29)22(30)5-4-10-27-12-19(24-25-27)15-33-21(16)13-26(3)34(31,32)20-8-6-18(23)7-9-20/h6-9,12,16-17,21,29H,4-5,10-11,13-15H2,1-3H3/t16-,17+,21+/m0/s1. The number of hydrogen-bond donors (Lipinski definition) is 1. The van der Waals surface area contributed by atoms with Gasteiger partial charge >= 0.3 is 0 Å². The summed E-state index contributed by atoms with van der Waals surface area (Å²) in [6.45, 7) is 4.41.